The van der Waals surface area contributed by atoms with Gasteiger partial charge in [0.25, 0.3) is 0 Å². The van der Waals surface area contributed by atoms with E-state index in [4.69, 9.17) is 5.26 Å². The predicted octanol–water partition coefficient (Wildman–Crippen LogP) is 8.23. The van der Waals surface area contributed by atoms with Crippen LogP contribution < -0.4 is 0 Å². The van der Waals surface area contributed by atoms with Crippen LogP contribution in [0.15, 0.2) is 72.8 Å². The highest BCUT2D eigenvalue weighted by molar-refractivity contribution is 5.88. The van der Waals surface area contributed by atoms with Gasteiger partial charge >= 0.3 is 0 Å². The molecule has 5 heteroatoms. The van der Waals surface area contributed by atoms with Gasteiger partial charge < -0.3 is 0 Å². The molecule has 0 amide bonds. The number of hydrogen-bond acceptors (Lipinski definition) is 1. The number of aryl methyl sites for hydroxylation is 3. The van der Waals surface area contributed by atoms with Crippen molar-refractivity contribution in [3.8, 4) is 17.2 Å². The van der Waals surface area contributed by atoms with Crippen LogP contribution in [-0.4, -0.2) is 0 Å². The molecule has 0 saturated carbocycles. The Labute approximate surface area is 202 Å². The lowest BCUT2D eigenvalue weighted by Gasteiger charge is -2.11. The Morgan fingerprint density at radius 2 is 1.51 bits per heavy atom. The van der Waals surface area contributed by atoms with Gasteiger partial charge in [0.15, 0.2) is 0 Å². The Balaban J connectivity index is 1.56. The molecule has 0 spiro atoms. The fraction of sp³-hybridized carbons (Fsp3) is 0.167. The molecule has 0 bridgehead atoms. The molecule has 4 rings (SSSR count). The third-order valence-electron chi connectivity index (χ3n) is 6.11. The van der Waals surface area contributed by atoms with Crippen molar-refractivity contribution >= 4 is 10.8 Å². The van der Waals surface area contributed by atoms with Gasteiger partial charge in [0.1, 0.15) is 34.9 Å². The van der Waals surface area contributed by atoms with E-state index in [9.17, 15) is 13.2 Å². The molecule has 176 valence electrons. The molecular weight excluding hydrogens is 450 g/mol. The Morgan fingerprint density at radius 1 is 0.771 bits per heavy atom. The second kappa shape index (κ2) is 10.6. The van der Waals surface area contributed by atoms with E-state index in [2.05, 4.69) is 0 Å². The summed E-state index contributed by atoms with van der Waals surface area (Å²) in [7, 11) is 0. The summed E-state index contributed by atoms with van der Waals surface area (Å²) in [5.74, 6) is -2.58. The van der Waals surface area contributed by atoms with Crippen molar-refractivity contribution in [2.45, 2.75) is 32.6 Å². The van der Waals surface area contributed by atoms with Gasteiger partial charge in [0.2, 0.25) is 0 Å². The first-order chi connectivity index (χ1) is 16.9. The lowest BCUT2D eigenvalue weighted by Crippen LogP contribution is -1.99. The normalized spacial score (nSPS) is 11.3. The Hall–Kier alpha value is -3.91. The zero-order valence-electron chi connectivity index (χ0n) is 19.2. The van der Waals surface area contributed by atoms with E-state index in [1.54, 1.807) is 42.5 Å². The van der Waals surface area contributed by atoms with Gasteiger partial charge in [-0.05, 0) is 84.5 Å². The van der Waals surface area contributed by atoms with Gasteiger partial charge in [-0.3, -0.25) is 0 Å². The fourth-order valence-corrected chi connectivity index (χ4v) is 4.22. The van der Waals surface area contributed by atoms with Gasteiger partial charge in [-0.25, -0.2) is 17.6 Å². The number of hydrogen-bond donors (Lipinski definition) is 0. The third-order valence-corrected chi connectivity index (χ3v) is 6.11. The summed E-state index contributed by atoms with van der Waals surface area (Å²) in [6.45, 7) is 1.95. The molecule has 0 unspecified atom stereocenters. The molecule has 35 heavy (non-hydrogen) atoms. The lowest BCUT2D eigenvalue weighted by atomic mass is 9.96. The van der Waals surface area contributed by atoms with Gasteiger partial charge in [-0.1, -0.05) is 48.6 Å². The highest BCUT2D eigenvalue weighted by Crippen LogP contribution is 2.30. The molecule has 0 aromatic heterocycles. The quantitative estimate of drug-likeness (QED) is 0.196. The zero-order valence-corrected chi connectivity index (χ0v) is 19.2. The standard InChI is InChI=1S/C30H23F4N/c1-2-3-4-5-19-7-12-24(27(31)14-19)22-11-13-25-23(17-22)10-9-21(30(25)34)8-6-20-15-28(32)26(18-35)29(33)16-20/h2-3,7,9-17H,4-6,8H2,1H3/b3-2+. The van der Waals surface area contributed by atoms with Crippen LogP contribution in [0.5, 0.6) is 0 Å². The van der Waals surface area contributed by atoms with Crippen molar-refractivity contribution in [2.75, 3.05) is 0 Å². The number of rotatable bonds is 7. The molecule has 0 heterocycles. The van der Waals surface area contributed by atoms with Crippen molar-refractivity contribution < 1.29 is 17.6 Å². The van der Waals surface area contributed by atoms with E-state index in [0.717, 1.165) is 30.5 Å². The van der Waals surface area contributed by atoms with E-state index in [1.807, 2.05) is 25.1 Å². The van der Waals surface area contributed by atoms with E-state index in [1.165, 1.54) is 6.07 Å². The van der Waals surface area contributed by atoms with Crippen LogP contribution in [0, 0.1) is 34.6 Å². The second-order valence-corrected chi connectivity index (χ2v) is 8.44. The fourth-order valence-electron chi connectivity index (χ4n) is 4.22. The van der Waals surface area contributed by atoms with Crippen LogP contribution in [0.1, 0.15) is 35.6 Å². The minimum Gasteiger partial charge on any atom is -0.206 e. The largest absolute Gasteiger partial charge is 0.206 e. The summed E-state index contributed by atoms with van der Waals surface area (Å²) < 4.78 is 57.7. The van der Waals surface area contributed by atoms with Gasteiger partial charge in [0, 0.05) is 10.9 Å². The maximum Gasteiger partial charge on any atom is 0.144 e. The first-order valence-electron chi connectivity index (χ1n) is 11.4. The van der Waals surface area contributed by atoms with Gasteiger partial charge in [-0.2, -0.15) is 5.26 Å². The minimum absolute atomic E-state index is 0.214. The first kappa shape index (κ1) is 24.2. The monoisotopic (exact) mass is 473 g/mol. The summed E-state index contributed by atoms with van der Waals surface area (Å²) in [5, 5.41) is 9.82. The number of nitrogens with zero attached hydrogens (tertiary/aromatic N) is 1. The summed E-state index contributed by atoms with van der Waals surface area (Å²) in [5.41, 5.74) is 2.16. The average Bonchev–Trinajstić information content (AvgIpc) is 2.83. The Kier molecular flexibility index (Phi) is 7.31. The number of halogens is 4. The number of benzene rings is 4. The molecule has 0 aliphatic carbocycles. The SMILES string of the molecule is C/C=C/CCc1ccc(-c2ccc3c(F)c(CCc4cc(F)c(C#N)c(F)c4)ccc3c2)c(F)c1. The van der Waals surface area contributed by atoms with E-state index >= 15 is 4.39 Å². The second-order valence-electron chi connectivity index (χ2n) is 8.44. The summed E-state index contributed by atoms with van der Waals surface area (Å²) >= 11 is 0. The zero-order chi connectivity index (χ0) is 24.9. The van der Waals surface area contributed by atoms with Gasteiger partial charge in [-0.15, -0.1) is 0 Å². The molecule has 1 nitrogen and oxygen atoms in total. The summed E-state index contributed by atoms with van der Waals surface area (Å²) in [4.78, 5) is 0. The van der Waals surface area contributed by atoms with Crippen LogP contribution in [0.4, 0.5) is 17.6 Å². The smallest absolute Gasteiger partial charge is 0.144 e. The maximum atomic E-state index is 15.2. The van der Waals surface area contributed by atoms with Crippen molar-refractivity contribution in [2.24, 2.45) is 0 Å². The molecule has 0 aliphatic rings. The molecular formula is C30H23F4N. The maximum absolute atomic E-state index is 15.2. The number of fused-ring (bicyclic) bond motifs is 1. The van der Waals surface area contributed by atoms with Crippen LogP contribution in [0.25, 0.3) is 21.9 Å². The minimum atomic E-state index is -0.924. The van der Waals surface area contributed by atoms with Crippen LogP contribution >= 0.6 is 0 Å². The molecule has 0 atom stereocenters. The average molecular weight is 474 g/mol. The van der Waals surface area contributed by atoms with Crippen molar-refractivity contribution in [1.29, 1.82) is 5.26 Å². The van der Waals surface area contributed by atoms with E-state index < -0.39 is 23.0 Å². The number of nitriles is 1. The molecule has 0 aliphatic heterocycles. The van der Waals surface area contributed by atoms with Crippen molar-refractivity contribution in [3.63, 3.8) is 0 Å². The Morgan fingerprint density at radius 3 is 2.20 bits per heavy atom. The van der Waals surface area contributed by atoms with Crippen LogP contribution in [0.2, 0.25) is 0 Å². The molecule has 4 aromatic carbocycles. The topological polar surface area (TPSA) is 23.8 Å². The highest BCUT2D eigenvalue weighted by atomic mass is 19.1. The lowest BCUT2D eigenvalue weighted by molar-refractivity contribution is 0.572. The number of allylic oxidation sites excluding steroid dienone is 2. The third kappa shape index (κ3) is 5.27. The molecule has 0 saturated heterocycles. The van der Waals surface area contributed by atoms with Crippen molar-refractivity contribution in [1.82, 2.24) is 0 Å². The first-order valence-corrected chi connectivity index (χ1v) is 11.4. The van der Waals surface area contributed by atoms with Crippen LogP contribution in [-0.2, 0) is 19.3 Å². The molecule has 0 fully saturated rings. The highest BCUT2D eigenvalue weighted by Gasteiger charge is 2.14. The predicted molar refractivity (Wildman–Crippen MR) is 131 cm³/mol. The van der Waals surface area contributed by atoms with Crippen LogP contribution in [0.3, 0.4) is 0 Å². The Bertz CT molecular complexity index is 1440. The summed E-state index contributed by atoms with van der Waals surface area (Å²) in [6, 6.07) is 17.4. The molecule has 4 aromatic rings. The van der Waals surface area contributed by atoms with Gasteiger partial charge in [0.05, 0.1) is 0 Å². The molecule has 0 N–H and O–H groups in total. The van der Waals surface area contributed by atoms with Crippen molar-refractivity contribution in [3.05, 3.63) is 118 Å². The van der Waals surface area contributed by atoms with E-state index in [-0.39, 0.29) is 18.7 Å². The molecule has 0 radical (unpaired) electrons. The summed E-state index contributed by atoms with van der Waals surface area (Å²) in [6.07, 6.45) is 6.07. The van der Waals surface area contributed by atoms with E-state index in [0.29, 0.717) is 33.0 Å².